The number of hydrogen-bond donors (Lipinski definition) is 1. The molecule has 1 aliphatic rings. The van der Waals surface area contributed by atoms with Crippen molar-refractivity contribution >= 4 is 17.3 Å². The number of nitrogens with one attached hydrogen (secondary N) is 1. The molecule has 1 N–H and O–H groups in total. The van der Waals surface area contributed by atoms with E-state index in [2.05, 4.69) is 15.3 Å². The van der Waals surface area contributed by atoms with Crippen LogP contribution < -0.4 is 5.32 Å². The lowest BCUT2D eigenvalue weighted by Gasteiger charge is -2.13. The van der Waals surface area contributed by atoms with Gasteiger partial charge in [-0.25, -0.2) is 9.97 Å². The lowest BCUT2D eigenvalue weighted by atomic mass is 10.2. The Labute approximate surface area is 129 Å². The number of rotatable bonds is 4. The number of hydrogen-bond acceptors (Lipinski definition) is 5. The predicted octanol–water partition coefficient (Wildman–Crippen LogP) is 3.81. The van der Waals surface area contributed by atoms with Gasteiger partial charge in [0.2, 0.25) is 5.95 Å². The standard InChI is InChI=1S/C14H14F3N3OS/c15-14(16,17)12-7-10(11-4-2-6-22-11)19-13(20-12)18-8-9-3-1-5-21-9/h2,4,6-7,9H,1,3,5,8H2,(H,18,19,20). The van der Waals surface area contributed by atoms with Gasteiger partial charge in [-0.3, -0.25) is 0 Å². The summed E-state index contributed by atoms with van der Waals surface area (Å²) in [4.78, 5) is 8.43. The fourth-order valence-electron chi connectivity index (χ4n) is 2.23. The van der Waals surface area contributed by atoms with Crippen molar-refractivity contribution < 1.29 is 17.9 Å². The third kappa shape index (κ3) is 3.56. The number of thiophene rings is 1. The molecule has 1 atom stereocenters. The molecule has 0 saturated carbocycles. The summed E-state index contributed by atoms with van der Waals surface area (Å²) in [6.07, 6.45) is -2.64. The summed E-state index contributed by atoms with van der Waals surface area (Å²) in [5.74, 6) is -0.0197. The molecule has 22 heavy (non-hydrogen) atoms. The van der Waals surface area contributed by atoms with E-state index in [0.717, 1.165) is 18.9 Å². The van der Waals surface area contributed by atoms with Crippen molar-refractivity contribution in [3.63, 3.8) is 0 Å². The van der Waals surface area contributed by atoms with E-state index in [1.807, 2.05) is 0 Å². The van der Waals surface area contributed by atoms with Gasteiger partial charge in [-0.1, -0.05) is 6.07 Å². The Morgan fingerprint density at radius 3 is 2.86 bits per heavy atom. The molecular formula is C14H14F3N3OS. The average molecular weight is 329 g/mol. The van der Waals surface area contributed by atoms with E-state index in [4.69, 9.17) is 4.74 Å². The fourth-order valence-corrected chi connectivity index (χ4v) is 2.92. The smallest absolute Gasteiger partial charge is 0.376 e. The zero-order valence-electron chi connectivity index (χ0n) is 11.6. The van der Waals surface area contributed by atoms with Crippen LogP contribution in [0.1, 0.15) is 18.5 Å². The van der Waals surface area contributed by atoms with Crippen LogP contribution in [0, 0.1) is 0 Å². The van der Waals surface area contributed by atoms with Gasteiger partial charge in [0.05, 0.1) is 16.7 Å². The van der Waals surface area contributed by atoms with Gasteiger partial charge in [-0.05, 0) is 30.4 Å². The van der Waals surface area contributed by atoms with Crippen molar-refractivity contribution in [2.75, 3.05) is 18.5 Å². The van der Waals surface area contributed by atoms with E-state index in [-0.39, 0.29) is 17.7 Å². The third-order valence-corrected chi connectivity index (χ3v) is 4.19. The Bertz CT molecular complexity index is 625. The van der Waals surface area contributed by atoms with Crippen LogP contribution in [0.5, 0.6) is 0 Å². The van der Waals surface area contributed by atoms with Crippen LogP contribution in [-0.2, 0) is 10.9 Å². The van der Waals surface area contributed by atoms with Gasteiger partial charge in [0.1, 0.15) is 0 Å². The largest absolute Gasteiger partial charge is 0.433 e. The molecule has 8 heteroatoms. The van der Waals surface area contributed by atoms with Crippen molar-refractivity contribution in [3.05, 3.63) is 29.3 Å². The van der Waals surface area contributed by atoms with Gasteiger partial charge in [0.25, 0.3) is 0 Å². The maximum absolute atomic E-state index is 13.0. The average Bonchev–Trinajstić information content (AvgIpc) is 3.17. The number of aromatic nitrogens is 2. The van der Waals surface area contributed by atoms with Gasteiger partial charge in [0.15, 0.2) is 5.69 Å². The summed E-state index contributed by atoms with van der Waals surface area (Å²) < 4.78 is 44.4. The van der Waals surface area contributed by atoms with E-state index in [1.54, 1.807) is 17.5 Å². The quantitative estimate of drug-likeness (QED) is 0.926. The molecule has 3 heterocycles. The summed E-state index contributed by atoms with van der Waals surface area (Å²) in [6, 6.07) is 4.48. The second-order valence-electron chi connectivity index (χ2n) is 4.95. The van der Waals surface area contributed by atoms with Gasteiger partial charge < -0.3 is 10.1 Å². The molecule has 0 aromatic carbocycles. The Morgan fingerprint density at radius 1 is 1.36 bits per heavy atom. The van der Waals surface area contributed by atoms with E-state index < -0.39 is 11.9 Å². The monoisotopic (exact) mass is 329 g/mol. The minimum Gasteiger partial charge on any atom is -0.376 e. The molecular weight excluding hydrogens is 315 g/mol. The van der Waals surface area contributed by atoms with Crippen LogP contribution in [0.25, 0.3) is 10.6 Å². The van der Waals surface area contributed by atoms with Crippen LogP contribution in [0.2, 0.25) is 0 Å². The Morgan fingerprint density at radius 2 is 2.23 bits per heavy atom. The third-order valence-electron chi connectivity index (χ3n) is 3.30. The maximum Gasteiger partial charge on any atom is 0.433 e. The van der Waals surface area contributed by atoms with Crippen LogP contribution in [-0.4, -0.2) is 29.2 Å². The Kier molecular flexibility index (Phi) is 4.30. The summed E-state index contributed by atoms with van der Waals surface area (Å²) in [5, 5.41) is 4.65. The van der Waals surface area contributed by atoms with Crippen molar-refractivity contribution in [1.29, 1.82) is 0 Å². The van der Waals surface area contributed by atoms with Crippen LogP contribution >= 0.6 is 11.3 Å². The first kappa shape index (κ1) is 15.2. The summed E-state index contributed by atoms with van der Waals surface area (Å²) in [7, 11) is 0. The topological polar surface area (TPSA) is 47.0 Å². The van der Waals surface area contributed by atoms with Crippen molar-refractivity contribution in [3.8, 4) is 10.6 Å². The molecule has 2 aromatic rings. The zero-order valence-corrected chi connectivity index (χ0v) is 12.4. The molecule has 2 aromatic heterocycles. The van der Waals surface area contributed by atoms with Crippen LogP contribution in [0.4, 0.5) is 19.1 Å². The maximum atomic E-state index is 13.0. The highest BCUT2D eigenvalue weighted by Gasteiger charge is 2.34. The highest BCUT2D eigenvalue weighted by molar-refractivity contribution is 7.13. The molecule has 0 radical (unpaired) electrons. The molecule has 3 rings (SSSR count). The molecule has 0 bridgehead atoms. The predicted molar refractivity (Wildman–Crippen MR) is 77.8 cm³/mol. The van der Waals surface area contributed by atoms with Gasteiger partial charge in [-0.2, -0.15) is 13.2 Å². The highest BCUT2D eigenvalue weighted by atomic mass is 32.1. The lowest BCUT2D eigenvalue weighted by Crippen LogP contribution is -2.21. The molecule has 4 nitrogen and oxygen atoms in total. The lowest BCUT2D eigenvalue weighted by molar-refractivity contribution is -0.141. The number of anilines is 1. The van der Waals surface area contributed by atoms with Crippen LogP contribution in [0.15, 0.2) is 23.6 Å². The SMILES string of the molecule is FC(F)(F)c1cc(-c2cccs2)nc(NCC2CCCO2)n1. The molecule has 1 fully saturated rings. The van der Waals surface area contributed by atoms with Crippen LogP contribution in [0.3, 0.4) is 0 Å². The molecule has 1 aliphatic heterocycles. The first-order valence-electron chi connectivity index (χ1n) is 6.88. The van der Waals surface area contributed by atoms with Gasteiger partial charge in [-0.15, -0.1) is 11.3 Å². The summed E-state index contributed by atoms with van der Waals surface area (Å²) in [6.45, 7) is 1.10. The molecule has 0 amide bonds. The molecule has 0 spiro atoms. The van der Waals surface area contributed by atoms with E-state index >= 15 is 0 Å². The first-order chi connectivity index (χ1) is 10.5. The minimum absolute atomic E-state index is 0.00308. The molecule has 0 aliphatic carbocycles. The number of ether oxygens (including phenoxy) is 1. The number of alkyl halides is 3. The summed E-state index contributed by atoms with van der Waals surface area (Å²) in [5.41, 5.74) is -0.673. The van der Waals surface area contributed by atoms with E-state index in [1.165, 1.54) is 11.3 Å². The van der Waals surface area contributed by atoms with Crippen molar-refractivity contribution in [1.82, 2.24) is 9.97 Å². The number of halogens is 3. The second kappa shape index (κ2) is 6.21. The highest BCUT2D eigenvalue weighted by Crippen LogP contribution is 2.32. The number of nitrogens with zero attached hydrogens (tertiary/aromatic N) is 2. The first-order valence-corrected chi connectivity index (χ1v) is 7.76. The normalized spacial score (nSPS) is 18.6. The van der Waals surface area contributed by atoms with E-state index in [0.29, 0.717) is 18.0 Å². The van der Waals surface area contributed by atoms with Crippen molar-refractivity contribution in [2.24, 2.45) is 0 Å². The summed E-state index contributed by atoms with van der Waals surface area (Å²) >= 11 is 1.34. The van der Waals surface area contributed by atoms with Crippen molar-refractivity contribution in [2.45, 2.75) is 25.1 Å². The Hall–Kier alpha value is -1.67. The van der Waals surface area contributed by atoms with E-state index in [9.17, 15) is 13.2 Å². The Balaban J connectivity index is 1.86. The fraction of sp³-hybridized carbons (Fsp3) is 0.429. The zero-order chi connectivity index (χ0) is 15.6. The molecule has 1 saturated heterocycles. The minimum atomic E-state index is -4.50. The second-order valence-corrected chi connectivity index (χ2v) is 5.90. The molecule has 1 unspecified atom stereocenters. The van der Waals surface area contributed by atoms with Gasteiger partial charge in [0, 0.05) is 13.2 Å². The van der Waals surface area contributed by atoms with Gasteiger partial charge >= 0.3 is 6.18 Å². The molecule has 118 valence electrons.